The number of amides is 1. The van der Waals surface area contributed by atoms with Crippen molar-refractivity contribution in [2.24, 2.45) is 0 Å². The van der Waals surface area contributed by atoms with Crippen LogP contribution in [0, 0.1) is 6.92 Å². The van der Waals surface area contributed by atoms with Crippen molar-refractivity contribution in [2.45, 2.75) is 63.3 Å². The summed E-state index contributed by atoms with van der Waals surface area (Å²) in [6.45, 7) is 5.66. The van der Waals surface area contributed by atoms with Crippen LogP contribution in [0.4, 0.5) is 5.00 Å². The molecule has 0 aliphatic heterocycles. The molecule has 174 valence electrons. The highest BCUT2D eigenvalue weighted by Crippen LogP contribution is 2.38. The Morgan fingerprint density at radius 3 is 2.82 bits per heavy atom. The van der Waals surface area contributed by atoms with Crippen molar-refractivity contribution in [3.05, 3.63) is 50.4 Å². The van der Waals surface area contributed by atoms with Gasteiger partial charge >= 0.3 is 11.7 Å². The number of thiophene rings is 1. The van der Waals surface area contributed by atoms with Crippen LogP contribution in [-0.2, 0) is 22.4 Å². The van der Waals surface area contributed by atoms with Gasteiger partial charge < -0.3 is 10.1 Å². The van der Waals surface area contributed by atoms with Crippen molar-refractivity contribution in [3.63, 3.8) is 0 Å². The summed E-state index contributed by atoms with van der Waals surface area (Å²) in [7, 11) is 0. The molecule has 10 heteroatoms. The van der Waals surface area contributed by atoms with Crippen LogP contribution in [0.2, 0.25) is 0 Å². The minimum atomic E-state index is -0.575. The Balaban J connectivity index is 1.56. The zero-order valence-corrected chi connectivity index (χ0v) is 20.5. The van der Waals surface area contributed by atoms with Crippen LogP contribution in [-0.4, -0.2) is 38.1 Å². The Morgan fingerprint density at radius 2 is 2.03 bits per heavy atom. The topological polar surface area (TPSA) is 103 Å². The SMILES string of the molecule is CCOC(=O)c1c(NC(=O)[C@H](C)Sc2nc(=O)n3cc(C)ccc3n2)sc2c1CCCCC2. The van der Waals surface area contributed by atoms with E-state index in [-0.39, 0.29) is 17.7 Å². The Labute approximate surface area is 199 Å². The van der Waals surface area contributed by atoms with E-state index in [0.717, 1.165) is 59.9 Å². The number of thioether (sulfide) groups is 1. The predicted molar refractivity (Wildman–Crippen MR) is 129 cm³/mol. The van der Waals surface area contributed by atoms with Crippen LogP contribution in [0.1, 0.15) is 59.5 Å². The standard InChI is InChI=1S/C23H26N4O4S2/c1-4-31-21(29)18-15-8-6-5-7-9-16(15)33-20(18)25-19(28)14(3)32-22-24-17-11-10-13(2)12-27(17)23(30)26-22/h10-12,14H,4-9H2,1-3H3,(H,25,28)/t14-/m0/s1. The first-order valence-electron chi connectivity index (χ1n) is 11.0. The number of aromatic nitrogens is 3. The van der Waals surface area contributed by atoms with E-state index < -0.39 is 16.9 Å². The van der Waals surface area contributed by atoms with E-state index >= 15 is 0 Å². The van der Waals surface area contributed by atoms with Crippen LogP contribution < -0.4 is 11.0 Å². The zero-order chi connectivity index (χ0) is 23.5. The number of nitrogens with one attached hydrogen (secondary N) is 1. The fourth-order valence-electron chi connectivity index (χ4n) is 3.83. The molecule has 1 amide bonds. The van der Waals surface area contributed by atoms with E-state index in [2.05, 4.69) is 15.3 Å². The lowest BCUT2D eigenvalue weighted by molar-refractivity contribution is -0.115. The van der Waals surface area contributed by atoms with Crippen molar-refractivity contribution in [3.8, 4) is 0 Å². The van der Waals surface area contributed by atoms with Gasteiger partial charge in [0.2, 0.25) is 5.91 Å². The zero-order valence-electron chi connectivity index (χ0n) is 18.8. The number of fused-ring (bicyclic) bond motifs is 2. The van der Waals surface area contributed by atoms with Gasteiger partial charge in [-0.1, -0.05) is 24.2 Å². The molecule has 0 spiro atoms. The molecule has 0 unspecified atom stereocenters. The first-order valence-corrected chi connectivity index (χ1v) is 12.7. The Bertz CT molecular complexity index is 1270. The average molecular weight is 487 g/mol. The van der Waals surface area contributed by atoms with Crippen molar-refractivity contribution >= 4 is 45.6 Å². The minimum Gasteiger partial charge on any atom is -0.462 e. The third-order valence-electron chi connectivity index (χ3n) is 5.47. The molecule has 0 saturated carbocycles. The summed E-state index contributed by atoms with van der Waals surface area (Å²) in [4.78, 5) is 47.6. The highest BCUT2D eigenvalue weighted by Gasteiger charge is 2.28. The van der Waals surface area contributed by atoms with E-state index in [9.17, 15) is 14.4 Å². The summed E-state index contributed by atoms with van der Waals surface area (Å²) in [5, 5.41) is 3.12. The van der Waals surface area contributed by atoms with Crippen molar-refractivity contribution < 1.29 is 14.3 Å². The quantitative estimate of drug-likeness (QED) is 0.319. The molecular formula is C23H26N4O4S2. The maximum absolute atomic E-state index is 13.0. The molecule has 1 atom stereocenters. The van der Waals surface area contributed by atoms with Gasteiger partial charge in [0.1, 0.15) is 10.6 Å². The van der Waals surface area contributed by atoms with Gasteiger partial charge in [-0.2, -0.15) is 4.98 Å². The Kier molecular flexibility index (Phi) is 7.14. The molecule has 1 N–H and O–H groups in total. The largest absolute Gasteiger partial charge is 0.462 e. The molecule has 8 nitrogen and oxygen atoms in total. The van der Waals surface area contributed by atoms with Crippen molar-refractivity contribution in [1.82, 2.24) is 14.4 Å². The molecule has 0 bridgehead atoms. The summed E-state index contributed by atoms with van der Waals surface area (Å²) in [6.07, 6.45) is 6.62. The molecule has 4 rings (SSSR count). The normalized spacial score (nSPS) is 14.4. The lowest BCUT2D eigenvalue weighted by Gasteiger charge is -2.12. The maximum atomic E-state index is 13.0. The number of pyridine rings is 1. The van der Waals surface area contributed by atoms with Gasteiger partial charge in [0.05, 0.1) is 17.4 Å². The maximum Gasteiger partial charge on any atom is 0.355 e. The smallest absolute Gasteiger partial charge is 0.355 e. The number of nitrogens with zero attached hydrogens (tertiary/aromatic N) is 3. The van der Waals surface area contributed by atoms with Crippen LogP contribution in [0.3, 0.4) is 0 Å². The van der Waals surface area contributed by atoms with Gasteiger partial charge in [-0.05, 0) is 63.6 Å². The highest BCUT2D eigenvalue weighted by molar-refractivity contribution is 8.00. The Morgan fingerprint density at radius 1 is 1.24 bits per heavy atom. The first-order chi connectivity index (χ1) is 15.9. The molecular weight excluding hydrogens is 460 g/mol. The van der Waals surface area contributed by atoms with Gasteiger partial charge in [0.15, 0.2) is 5.16 Å². The molecule has 1 aliphatic rings. The molecule has 0 saturated heterocycles. The van der Waals surface area contributed by atoms with E-state index in [4.69, 9.17) is 4.74 Å². The lowest BCUT2D eigenvalue weighted by atomic mass is 10.1. The fourth-order valence-corrected chi connectivity index (χ4v) is 5.87. The third-order valence-corrected chi connectivity index (χ3v) is 7.64. The molecule has 1 aliphatic carbocycles. The number of esters is 1. The van der Waals surface area contributed by atoms with Gasteiger partial charge in [-0.3, -0.25) is 9.20 Å². The molecule has 0 aromatic carbocycles. The van der Waals surface area contributed by atoms with Crippen LogP contribution in [0.15, 0.2) is 28.3 Å². The van der Waals surface area contributed by atoms with Crippen molar-refractivity contribution in [2.75, 3.05) is 11.9 Å². The minimum absolute atomic E-state index is 0.235. The molecule has 0 radical (unpaired) electrons. The predicted octanol–water partition coefficient (Wildman–Crippen LogP) is 4.02. The van der Waals surface area contributed by atoms with Crippen LogP contribution in [0.25, 0.3) is 5.65 Å². The monoisotopic (exact) mass is 486 g/mol. The molecule has 3 aromatic heterocycles. The second-order valence-electron chi connectivity index (χ2n) is 7.96. The van der Waals surface area contributed by atoms with Gasteiger partial charge in [0, 0.05) is 11.1 Å². The summed E-state index contributed by atoms with van der Waals surface area (Å²) >= 11 is 2.57. The van der Waals surface area contributed by atoms with Gasteiger partial charge in [-0.15, -0.1) is 11.3 Å². The highest BCUT2D eigenvalue weighted by atomic mass is 32.2. The molecule has 0 fully saturated rings. The average Bonchev–Trinajstić information content (AvgIpc) is 2.94. The van der Waals surface area contributed by atoms with Crippen LogP contribution in [0.5, 0.6) is 0 Å². The number of rotatable bonds is 6. The molecule has 3 aromatic rings. The number of aryl methyl sites for hydroxylation is 2. The summed E-state index contributed by atoms with van der Waals surface area (Å²) in [5.41, 5.74) is 2.45. The number of hydrogen-bond donors (Lipinski definition) is 1. The second-order valence-corrected chi connectivity index (χ2v) is 10.4. The van der Waals surface area contributed by atoms with E-state index in [1.54, 1.807) is 26.1 Å². The fraction of sp³-hybridized carbons (Fsp3) is 0.435. The number of hydrogen-bond acceptors (Lipinski definition) is 8. The molecule has 3 heterocycles. The van der Waals surface area contributed by atoms with Gasteiger partial charge in [0.25, 0.3) is 0 Å². The van der Waals surface area contributed by atoms with Gasteiger partial charge in [-0.25, -0.2) is 14.6 Å². The lowest BCUT2D eigenvalue weighted by Crippen LogP contribution is -2.25. The summed E-state index contributed by atoms with van der Waals surface area (Å²) in [5.74, 6) is -0.677. The summed E-state index contributed by atoms with van der Waals surface area (Å²) < 4.78 is 6.67. The van der Waals surface area contributed by atoms with E-state index in [1.165, 1.54) is 15.7 Å². The summed E-state index contributed by atoms with van der Waals surface area (Å²) in [6, 6.07) is 3.61. The number of ether oxygens (including phenoxy) is 1. The molecule has 33 heavy (non-hydrogen) atoms. The van der Waals surface area contributed by atoms with Crippen molar-refractivity contribution in [1.29, 1.82) is 0 Å². The third kappa shape index (κ3) is 5.11. The van der Waals surface area contributed by atoms with E-state index in [1.807, 2.05) is 13.0 Å². The number of anilines is 1. The van der Waals surface area contributed by atoms with Crippen LogP contribution >= 0.6 is 23.1 Å². The second kappa shape index (κ2) is 10.0. The van der Waals surface area contributed by atoms with E-state index in [0.29, 0.717) is 16.2 Å². The number of carbonyl (C=O) groups is 2. The Hall–Kier alpha value is -2.72. The number of carbonyl (C=O) groups excluding carboxylic acids is 2. The first kappa shape index (κ1) is 23.4.